The number of nitrogens with zero attached hydrogens (tertiary/aromatic N) is 2. The molecule has 1 N–H and O–H groups in total. The summed E-state index contributed by atoms with van der Waals surface area (Å²) in [4.78, 5) is 0. The van der Waals surface area contributed by atoms with E-state index in [1.54, 1.807) is 0 Å². The topological polar surface area (TPSA) is 29.9 Å². The Bertz CT molecular complexity index is 581. The van der Waals surface area contributed by atoms with Gasteiger partial charge in [0, 0.05) is 12.6 Å². The van der Waals surface area contributed by atoms with Crippen molar-refractivity contribution in [1.29, 1.82) is 0 Å². The van der Waals surface area contributed by atoms with E-state index in [0.29, 0.717) is 12.0 Å². The van der Waals surface area contributed by atoms with E-state index in [4.69, 9.17) is 5.10 Å². The van der Waals surface area contributed by atoms with Gasteiger partial charge in [-0.1, -0.05) is 45.0 Å². The minimum absolute atomic E-state index is 0.365. The Balaban J connectivity index is 1.95. The summed E-state index contributed by atoms with van der Waals surface area (Å²) in [5.74, 6) is 1.63. The van der Waals surface area contributed by atoms with E-state index in [-0.39, 0.29) is 0 Å². The first kappa shape index (κ1) is 13.2. The lowest BCUT2D eigenvalue weighted by atomic mass is 10.0. The van der Waals surface area contributed by atoms with Crippen LogP contribution in [0.25, 0.3) is 0 Å². The third kappa shape index (κ3) is 2.33. The minimum Gasteiger partial charge on any atom is -0.370 e. The van der Waals surface area contributed by atoms with Crippen molar-refractivity contribution in [2.24, 2.45) is 0 Å². The molecular weight excluding hydrogens is 246 g/mol. The van der Waals surface area contributed by atoms with Crippen molar-refractivity contribution >= 4 is 5.82 Å². The molecule has 106 valence electrons. The largest absolute Gasteiger partial charge is 0.370 e. The highest BCUT2D eigenvalue weighted by Gasteiger charge is 2.23. The van der Waals surface area contributed by atoms with Crippen LogP contribution in [0.5, 0.6) is 0 Å². The zero-order chi connectivity index (χ0) is 14.1. The number of aryl methyl sites for hydroxylation is 1. The quantitative estimate of drug-likeness (QED) is 0.913. The molecule has 0 saturated carbocycles. The first-order chi connectivity index (χ1) is 9.69. The van der Waals surface area contributed by atoms with Gasteiger partial charge in [0.25, 0.3) is 0 Å². The fourth-order valence-corrected chi connectivity index (χ4v) is 2.81. The van der Waals surface area contributed by atoms with Crippen molar-refractivity contribution in [3.05, 3.63) is 47.2 Å². The van der Waals surface area contributed by atoms with Crippen LogP contribution in [0.4, 0.5) is 5.82 Å². The predicted octanol–water partition coefficient (Wildman–Crippen LogP) is 3.97. The van der Waals surface area contributed by atoms with Gasteiger partial charge in [0.15, 0.2) is 0 Å². The Morgan fingerprint density at radius 1 is 1.30 bits per heavy atom. The zero-order valence-electron chi connectivity index (χ0n) is 12.6. The van der Waals surface area contributed by atoms with Crippen LogP contribution < -0.4 is 5.32 Å². The third-order valence-corrected chi connectivity index (χ3v) is 4.14. The van der Waals surface area contributed by atoms with Gasteiger partial charge in [-0.25, -0.2) is 4.68 Å². The summed E-state index contributed by atoms with van der Waals surface area (Å²) in [6.07, 6.45) is 2.19. The van der Waals surface area contributed by atoms with Gasteiger partial charge in [-0.15, -0.1) is 0 Å². The molecule has 0 fully saturated rings. The summed E-state index contributed by atoms with van der Waals surface area (Å²) in [7, 11) is 0. The van der Waals surface area contributed by atoms with Crippen LogP contribution in [0.15, 0.2) is 30.3 Å². The number of nitrogens with one attached hydrogen (secondary N) is 1. The van der Waals surface area contributed by atoms with Gasteiger partial charge in [0.2, 0.25) is 0 Å². The predicted molar refractivity (Wildman–Crippen MR) is 83.4 cm³/mol. The molecular formula is C17H23N3. The smallest absolute Gasteiger partial charge is 0.125 e. The molecule has 2 heterocycles. The summed E-state index contributed by atoms with van der Waals surface area (Å²) < 4.78 is 2.17. The Morgan fingerprint density at radius 3 is 2.70 bits per heavy atom. The zero-order valence-corrected chi connectivity index (χ0v) is 12.6. The first-order valence-electron chi connectivity index (χ1n) is 7.61. The number of hydrogen-bond donors (Lipinski definition) is 1. The fourth-order valence-electron chi connectivity index (χ4n) is 2.81. The van der Waals surface area contributed by atoms with Gasteiger partial charge >= 0.3 is 0 Å². The second kappa shape index (κ2) is 5.31. The Morgan fingerprint density at radius 2 is 2.05 bits per heavy atom. The lowest BCUT2D eigenvalue weighted by Crippen LogP contribution is -2.24. The SMILES string of the molecule is CCc1ccc(C2CCNc3cc(C(C)C)nn32)cc1. The summed E-state index contributed by atoms with van der Waals surface area (Å²) >= 11 is 0. The van der Waals surface area contributed by atoms with Crippen LogP contribution in [0, 0.1) is 0 Å². The summed E-state index contributed by atoms with van der Waals surface area (Å²) in [6.45, 7) is 7.60. The molecule has 1 aromatic heterocycles. The van der Waals surface area contributed by atoms with Gasteiger partial charge in [-0.2, -0.15) is 5.10 Å². The van der Waals surface area contributed by atoms with Crippen LogP contribution in [-0.4, -0.2) is 16.3 Å². The molecule has 1 unspecified atom stereocenters. The lowest BCUT2D eigenvalue weighted by molar-refractivity contribution is 0.476. The summed E-state index contributed by atoms with van der Waals surface area (Å²) in [5, 5.41) is 8.27. The highest BCUT2D eigenvalue weighted by molar-refractivity contribution is 5.42. The standard InChI is InChI=1S/C17H23N3/c1-4-13-5-7-14(8-6-13)16-9-10-18-17-11-15(12(2)3)19-20(16)17/h5-8,11-12,16,18H,4,9-10H2,1-3H3. The fraction of sp³-hybridized carbons (Fsp3) is 0.471. The van der Waals surface area contributed by atoms with E-state index < -0.39 is 0 Å². The molecule has 3 nitrogen and oxygen atoms in total. The first-order valence-corrected chi connectivity index (χ1v) is 7.61. The van der Waals surface area contributed by atoms with E-state index in [9.17, 15) is 0 Å². The van der Waals surface area contributed by atoms with E-state index >= 15 is 0 Å². The average molecular weight is 269 g/mol. The summed E-state index contributed by atoms with van der Waals surface area (Å²) in [6, 6.07) is 11.6. The second-order valence-corrected chi connectivity index (χ2v) is 5.88. The molecule has 3 rings (SSSR count). The van der Waals surface area contributed by atoms with Gasteiger partial charge in [-0.3, -0.25) is 0 Å². The third-order valence-electron chi connectivity index (χ3n) is 4.14. The molecule has 20 heavy (non-hydrogen) atoms. The Kier molecular flexibility index (Phi) is 3.51. The minimum atomic E-state index is 0.365. The van der Waals surface area contributed by atoms with Gasteiger partial charge in [0.1, 0.15) is 5.82 Å². The number of hydrogen-bond acceptors (Lipinski definition) is 2. The maximum atomic E-state index is 4.80. The maximum absolute atomic E-state index is 4.80. The monoisotopic (exact) mass is 269 g/mol. The molecule has 0 saturated heterocycles. The van der Waals surface area contributed by atoms with Crippen LogP contribution in [-0.2, 0) is 6.42 Å². The van der Waals surface area contributed by atoms with Crippen molar-refractivity contribution < 1.29 is 0 Å². The molecule has 3 heteroatoms. The van der Waals surface area contributed by atoms with Crippen LogP contribution in [0.2, 0.25) is 0 Å². The average Bonchev–Trinajstić information content (AvgIpc) is 2.91. The van der Waals surface area contributed by atoms with E-state index in [2.05, 4.69) is 61.1 Å². The second-order valence-electron chi connectivity index (χ2n) is 5.88. The summed E-state index contributed by atoms with van der Waals surface area (Å²) in [5.41, 5.74) is 3.93. The van der Waals surface area contributed by atoms with E-state index in [0.717, 1.165) is 25.2 Å². The van der Waals surface area contributed by atoms with Gasteiger partial charge in [0.05, 0.1) is 11.7 Å². The molecule has 2 aromatic rings. The number of aromatic nitrogens is 2. The number of benzene rings is 1. The molecule has 1 atom stereocenters. The number of anilines is 1. The Hall–Kier alpha value is -1.77. The van der Waals surface area contributed by atoms with Gasteiger partial charge < -0.3 is 5.32 Å². The van der Waals surface area contributed by atoms with Crippen molar-refractivity contribution in [2.45, 2.75) is 45.6 Å². The highest BCUT2D eigenvalue weighted by atomic mass is 15.4. The van der Waals surface area contributed by atoms with Crippen LogP contribution in [0.1, 0.15) is 56.0 Å². The molecule has 0 amide bonds. The van der Waals surface area contributed by atoms with E-state index in [1.807, 2.05) is 0 Å². The molecule has 1 aliphatic rings. The van der Waals surface area contributed by atoms with Gasteiger partial charge in [-0.05, 0) is 29.9 Å². The maximum Gasteiger partial charge on any atom is 0.125 e. The number of fused-ring (bicyclic) bond motifs is 1. The molecule has 1 aliphatic heterocycles. The van der Waals surface area contributed by atoms with Crippen molar-refractivity contribution in [1.82, 2.24) is 9.78 Å². The normalized spacial score (nSPS) is 17.9. The van der Waals surface area contributed by atoms with Crippen LogP contribution >= 0.6 is 0 Å². The lowest BCUT2D eigenvalue weighted by Gasteiger charge is -2.26. The molecule has 0 radical (unpaired) electrons. The molecule has 0 bridgehead atoms. The van der Waals surface area contributed by atoms with Crippen LogP contribution in [0.3, 0.4) is 0 Å². The molecule has 0 aliphatic carbocycles. The van der Waals surface area contributed by atoms with Crippen molar-refractivity contribution in [2.75, 3.05) is 11.9 Å². The highest BCUT2D eigenvalue weighted by Crippen LogP contribution is 2.31. The van der Waals surface area contributed by atoms with E-state index in [1.165, 1.54) is 16.8 Å². The van der Waals surface area contributed by atoms with Crippen molar-refractivity contribution in [3.8, 4) is 0 Å². The van der Waals surface area contributed by atoms with Crippen molar-refractivity contribution in [3.63, 3.8) is 0 Å². The molecule has 0 spiro atoms. The number of rotatable bonds is 3. The molecule has 1 aromatic carbocycles. The Labute approximate surface area is 121 Å².